The fourth-order valence-corrected chi connectivity index (χ4v) is 3.78. The highest BCUT2D eigenvalue weighted by Gasteiger charge is 2.17. The SMILES string of the molecule is CC(=O)Nc1ccc(NC(=O)c2cccc(NS(=O)(=O)c3ccc(C)c(F)c3)c2)cc1. The van der Waals surface area contributed by atoms with Crippen molar-refractivity contribution in [2.24, 2.45) is 0 Å². The number of halogens is 1. The van der Waals surface area contributed by atoms with Gasteiger partial charge in [-0.1, -0.05) is 12.1 Å². The average molecular weight is 441 g/mol. The monoisotopic (exact) mass is 441 g/mol. The largest absolute Gasteiger partial charge is 0.326 e. The van der Waals surface area contributed by atoms with Crippen LogP contribution >= 0.6 is 0 Å². The van der Waals surface area contributed by atoms with Crippen molar-refractivity contribution in [2.45, 2.75) is 18.7 Å². The first-order valence-electron chi connectivity index (χ1n) is 9.22. The Morgan fingerprint density at radius 2 is 1.48 bits per heavy atom. The minimum Gasteiger partial charge on any atom is -0.326 e. The van der Waals surface area contributed by atoms with E-state index in [1.165, 1.54) is 50.2 Å². The minimum atomic E-state index is -4.02. The van der Waals surface area contributed by atoms with E-state index in [1.807, 2.05) is 0 Å². The van der Waals surface area contributed by atoms with Crippen LogP contribution in [-0.4, -0.2) is 20.2 Å². The minimum absolute atomic E-state index is 0.162. The molecule has 0 atom stereocenters. The summed E-state index contributed by atoms with van der Waals surface area (Å²) in [7, 11) is -4.02. The summed E-state index contributed by atoms with van der Waals surface area (Å²) in [5.41, 5.74) is 1.81. The van der Waals surface area contributed by atoms with Crippen molar-refractivity contribution in [3.05, 3.63) is 83.7 Å². The Balaban J connectivity index is 1.74. The van der Waals surface area contributed by atoms with Crippen LogP contribution in [0.5, 0.6) is 0 Å². The van der Waals surface area contributed by atoms with Crippen molar-refractivity contribution in [3.63, 3.8) is 0 Å². The lowest BCUT2D eigenvalue weighted by atomic mass is 10.2. The average Bonchev–Trinajstić information content (AvgIpc) is 2.71. The Bertz CT molecular complexity index is 1240. The van der Waals surface area contributed by atoms with Crippen LogP contribution in [0.15, 0.2) is 71.6 Å². The lowest BCUT2D eigenvalue weighted by Gasteiger charge is -2.11. The number of nitrogens with one attached hydrogen (secondary N) is 3. The fourth-order valence-electron chi connectivity index (χ4n) is 2.72. The molecule has 0 saturated heterocycles. The molecule has 9 heteroatoms. The molecule has 3 rings (SSSR count). The van der Waals surface area contributed by atoms with E-state index in [-0.39, 0.29) is 22.1 Å². The Kier molecular flexibility index (Phi) is 6.36. The zero-order valence-electron chi connectivity index (χ0n) is 16.8. The molecule has 0 unspecified atom stereocenters. The predicted molar refractivity (Wildman–Crippen MR) is 117 cm³/mol. The highest BCUT2D eigenvalue weighted by atomic mass is 32.2. The molecule has 3 aromatic rings. The fraction of sp³-hybridized carbons (Fsp3) is 0.0909. The van der Waals surface area contributed by atoms with Gasteiger partial charge in [0.05, 0.1) is 4.90 Å². The number of hydrogen-bond donors (Lipinski definition) is 3. The van der Waals surface area contributed by atoms with Gasteiger partial charge in [-0.2, -0.15) is 0 Å². The van der Waals surface area contributed by atoms with Crippen LogP contribution in [0.3, 0.4) is 0 Å². The van der Waals surface area contributed by atoms with Gasteiger partial charge in [-0.3, -0.25) is 14.3 Å². The Labute approximate surface area is 179 Å². The molecule has 160 valence electrons. The quantitative estimate of drug-likeness (QED) is 0.535. The van der Waals surface area contributed by atoms with Crippen LogP contribution in [0.1, 0.15) is 22.8 Å². The van der Waals surface area contributed by atoms with Gasteiger partial charge in [0, 0.05) is 29.5 Å². The van der Waals surface area contributed by atoms with Gasteiger partial charge in [-0.15, -0.1) is 0 Å². The van der Waals surface area contributed by atoms with Gasteiger partial charge in [0.1, 0.15) is 5.82 Å². The van der Waals surface area contributed by atoms with E-state index in [4.69, 9.17) is 0 Å². The van der Waals surface area contributed by atoms with Crippen molar-refractivity contribution in [1.82, 2.24) is 0 Å². The van der Waals surface area contributed by atoms with Gasteiger partial charge in [0.15, 0.2) is 0 Å². The highest BCUT2D eigenvalue weighted by Crippen LogP contribution is 2.20. The molecule has 0 fully saturated rings. The van der Waals surface area contributed by atoms with E-state index in [0.29, 0.717) is 16.9 Å². The van der Waals surface area contributed by atoms with Gasteiger partial charge in [0.2, 0.25) is 5.91 Å². The van der Waals surface area contributed by atoms with Crippen LogP contribution in [0.2, 0.25) is 0 Å². The Hall–Kier alpha value is -3.72. The summed E-state index contributed by atoms with van der Waals surface area (Å²) < 4.78 is 41.2. The summed E-state index contributed by atoms with van der Waals surface area (Å²) in [4.78, 5) is 23.4. The van der Waals surface area contributed by atoms with E-state index in [0.717, 1.165) is 6.07 Å². The second-order valence-corrected chi connectivity index (χ2v) is 8.49. The lowest BCUT2D eigenvalue weighted by Crippen LogP contribution is -2.15. The molecule has 0 saturated carbocycles. The summed E-state index contributed by atoms with van der Waals surface area (Å²) >= 11 is 0. The number of rotatable bonds is 6. The van der Waals surface area contributed by atoms with E-state index < -0.39 is 21.7 Å². The molecule has 0 aliphatic heterocycles. The zero-order chi connectivity index (χ0) is 22.6. The first-order chi connectivity index (χ1) is 14.6. The number of carbonyl (C=O) groups is 2. The van der Waals surface area contributed by atoms with Crippen LogP contribution < -0.4 is 15.4 Å². The molecular weight excluding hydrogens is 421 g/mol. The van der Waals surface area contributed by atoms with E-state index in [2.05, 4.69) is 15.4 Å². The van der Waals surface area contributed by atoms with Crippen LogP contribution in [0, 0.1) is 12.7 Å². The lowest BCUT2D eigenvalue weighted by molar-refractivity contribution is -0.114. The third kappa shape index (κ3) is 5.67. The van der Waals surface area contributed by atoms with Crippen molar-refractivity contribution < 1.29 is 22.4 Å². The molecule has 7 nitrogen and oxygen atoms in total. The number of hydrogen-bond acceptors (Lipinski definition) is 4. The Morgan fingerprint density at radius 3 is 2.10 bits per heavy atom. The van der Waals surface area contributed by atoms with Gasteiger partial charge >= 0.3 is 0 Å². The molecule has 0 bridgehead atoms. The number of aryl methyl sites for hydroxylation is 1. The van der Waals surface area contributed by atoms with Crippen molar-refractivity contribution in [3.8, 4) is 0 Å². The number of benzene rings is 3. The zero-order valence-corrected chi connectivity index (χ0v) is 17.6. The molecule has 0 aliphatic rings. The number of amides is 2. The maximum Gasteiger partial charge on any atom is 0.261 e. The molecule has 0 aromatic heterocycles. The highest BCUT2D eigenvalue weighted by molar-refractivity contribution is 7.92. The van der Waals surface area contributed by atoms with E-state index in [1.54, 1.807) is 24.3 Å². The van der Waals surface area contributed by atoms with Crippen LogP contribution in [-0.2, 0) is 14.8 Å². The third-order valence-corrected chi connectivity index (χ3v) is 5.67. The maximum absolute atomic E-state index is 13.7. The second-order valence-electron chi connectivity index (χ2n) is 6.81. The molecule has 0 spiro atoms. The van der Waals surface area contributed by atoms with Crippen molar-refractivity contribution in [2.75, 3.05) is 15.4 Å². The maximum atomic E-state index is 13.7. The standard InChI is InChI=1S/C22H20FN3O4S/c1-14-6-11-20(13-21(14)23)31(29,30)26-19-5-3-4-16(12-19)22(28)25-18-9-7-17(8-10-18)24-15(2)27/h3-13,26H,1-2H3,(H,24,27)(H,25,28). The van der Waals surface area contributed by atoms with Gasteiger partial charge in [-0.25, -0.2) is 12.8 Å². The number of carbonyl (C=O) groups excluding carboxylic acids is 2. The number of sulfonamides is 1. The molecule has 2 amide bonds. The normalized spacial score (nSPS) is 10.9. The second kappa shape index (κ2) is 8.97. The third-order valence-electron chi connectivity index (χ3n) is 4.29. The molecule has 3 N–H and O–H groups in total. The first kappa shape index (κ1) is 22.0. The summed E-state index contributed by atoms with van der Waals surface area (Å²) in [5, 5.41) is 5.32. The summed E-state index contributed by atoms with van der Waals surface area (Å²) in [6, 6.07) is 16.1. The summed E-state index contributed by atoms with van der Waals surface area (Å²) in [6.07, 6.45) is 0. The molecular formula is C22H20FN3O4S. The van der Waals surface area contributed by atoms with Crippen LogP contribution in [0.25, 0.3) is 0 Å². The van der Waals surface area contributed by atoms with E-state index >= 15 is 0 Å². The van der Waals surface area contributed by atoms with Crippen molar-refractivity contribution in [1.29, 1.82) is 0 Å². The van der Waals surface area contributed by atoms with Gasteiger partial charge in [-0.05, 0) is 67.1 Å². The Morgan fingerprint density at radius 1 is 0.839 bits per heavy atom. The summed E-state index contributed by atoms with van der Waals surface area (Å²) in [5.74, 6) is -1.28. The smallest absolute Gasteiger partial charge is 0.261 e. The van der Waals surface area contributed by atoms with Gasteiger partial charge in [0.25, 0.3) is 15.9 Å². The van der Waals surface area contributed by atoms with Gasteiger partial charge < -0.3 is 10.6 Å². The first-order valence-corrected chi connectivity index (χ1v) is 10.7. The number of anilines is 3. The molecule has 0 heterocycles. The molecule has 31 heavy (non-hydrogen) atoms. The predicted octanol–water partition coefficient (Wildman–Crippen LogP) is 4.15. The summed E-state index contributed by atoms with van der Waals surface area (Å²) in [6.45, 7) is 2.93. The van der Waals surface area contributed by atoms with E-state index in [9.17, 15) is 22.4 Å². The molecule has 0 radical (unpaired) electrons. The molecule has 3 aromatic carbocycles. The van der Waals surface area contributed by atoms with Crippen molar-refractivity contribution >= 4 is 38.9 Å². The molecule has 0 aliphatic carbocycles. The topological polar surface area (TPSA) is 104 Å². The van der Waals surface area contributed by atoms with Crippen LogP contribution in [0.4, 0.5) is 21.5 Å².